The van der Waals surface area contributed by atoms with E-state index in [2.05, 4.69) is 102 Å². The largest absolute Gasteiger partial charge is 0.323 e. The highest BCUT2D eigenvalue weighted by atomic mass is 127. The van der Waals surface area contributed by atoms with Crippen molar-refractivity contribution in [2.75, 3.05) is 31.5 Å². The topological polar surface area (TPSA) is 44.4 Å². The molecule has 1 fully saturated rings. The third-order valence-electron chi connectivity index (χ3n) is 3.09. The van der Waals surface area contributed by atoms with Crippen LogP contribution < -0.4 is 10.6 Å². The molecule has 2 N–H and O–H groups in total. The predicted molar refractivity (Wildman–Crippen MR) is 107 cm³/mol. The number of hydrogen-bond donors (Lipinski definition) is 2. The molecule has 0 spiro atoms. The number of hydrogen-bond acceptors (Lipinski definition) is 3. The van der Waals surface area contributed by atoms with Crippen LogP contribution in [0, 0.1) is 10.7 Å². The molecule has 1 heterocycles. The fraction of sp³-hybridized carbons (Fsp3) is 0.462. The van der Waals surface area contributed by atoms with Gasteiger partial charge in [0, 0.05) is 36.4 Å². The Bertz CT molecular complexity index is 487. The highest BCUT2D eigenvalue weighted by molar-refractivity contribution is 14.1. The lowest BCUT2D eigenvalue weighted by atomic mass is 10.2. The van der Waals surface area contributed by atoms with E-state index < -0.39 is 0 Å². The quantitative estimate of drug-likeness (QED) is 0.518. The van der Waals surface area contributed by atoms with Crippen molar-refractivity contribution in [3.8, 4) is 0 Å². The molecule has 0 aromatic heterocycles. The van der Waals surface area contributed by atoms with E-state index in [0.717, 1.165) is 32.5 Å². The van der Waals surface area contributed by atoms with E-state index in [1.54, 1.807) is 0 Å². The average Bonchev–Trinajstić information content (AvgIpc) is 2.33. The lowest BCUT2D eigenvalue weighted by molar-refractivity contribution is -0.117. The van der Waals surface area contributed by atoms with E-state index >= 15 is 0 Å². The van der Waals surface area contributed by atoms with Gasteiger partial charge in [0.15, 0.2) is 0 Å². The third kappa shape index (κ3) is 4.92. The Hall–Kier alpha value is 0.800. The van der Waals surface area contributed by atoms with Gasteiger partial charge in [-0.15, -0.1) is 0 Å². The van der Waals surface area contributed by atoms with Gasteiger partial charge in [-0.25, -0.2) is 0 Å². The van der Waals surface area contributed by atoms with Crippen molar-refractivity contribution < 1.29 is 4.79 Å². The number of nitrogens with zero attached hydrogens (tertiary/aromatic N) is 1. The Balaban J connectivity index is 1.98. The van der Waals surface area contributed by atoms with Crippen LogP contribution in [0.2, 0.25) is 0 Å². The third-order valence-corrected chi connectivity index (χ3v) is 5.42. The minimum atomic E-state index is 0.0659. The van der Waals surface area contributed by atoms with Crippen LogP contribution in [-0.2, 0) is 4.79 Å². The Labute approximate surface area is 160 Å². The Kier molecular flexibility index (Phi) is 6.76. The average molecular weight is 611 g/mol. The van der Waals surface area contributed by atoms with Gasteiger partial charge in [0.25, 0.3) is 0 Å². The number of halogens is 3. The van der Waals surface area contributed by atoms with Gasteiger partial charge in [0.2, 0.25) is 5.91 Å². The molecule has 1 amide bonds. The number of nitrogens with one attached hydrogen (secondary N) is 2. The van der Waals surface area contributed by atoms with Crippen molar-refractivity contribution in [3.05, 3.63) is 22.8 Å². The number of rotatable bonds is 3. The summed E-state index contributed by atoms with van der Waals surface area (Å²) in [6.45, 7) is 5.42. The maximum absolute atomic E-state index is 12.2. The van der Waals surface area contributed by atoms with E-state index in [0.29, 0.717) is 12.6 Å². The highest BCUT2D eigenvalue weighted by Crippen LogP contribution is 2.27. The molecule has 110 valence electrons. The zero-order valence-electron chi connectivity index (χ0n) is 11.0. The van der Waals surface area contributed by atoms with Gasteiger partial charge in [-0.05, 0) is 86.8 Å². The molecule has 0 bridgehead atoms. The molecule has 1 saturated heterocycles. The first kappa shape index (κ1) is 17.2. The van der Waals surface area contributed by atoms with Crippen molar-refractivity contribution in [1.82, 2.24) is 10.2 Å². The van der Waals surface area contributed by atoms with E-state index in [1.807, 2.05) is 0 Å². The second-order valence-electron chi connectivity index (χ2n) is 4.88. The number of anilines is 1. The molecule has 1 aromatic carbocycles. The summed E-state index contributed by atoms with van der Waals surface area (Å²) in [6, 6.07) is 4.60. The molecule has 0 unspecified atom stereocenters. The first-order valence-electron chi connectivity index (χ1n) is 6.36. The molecule has 2 rings (SSSR count). The molecule has 4 nitrogen and oxygen atoms in total. The minimum Gasteiger partial charge on any atom is -0.323 e. The molecular formula is C13H16I3N3O. The molecule has 1 aromatic rings. The van der Waals surface area contributed by atoms with Crippen LogP contribution in [0.4, 0.5) is 5.69 Å². The first-order chi connectivity index (χ1) is 9.45. The number of piperazine rings is 1. The zero-order valence-corrected chi connectivity index (χ0v) is 17.5. The summed E-state index contributed by atoms with van der Waals surface area (Å²) >= 11 is 6.83. The smallest absolute Gasteiger partial charge is 0.238 e. The molecule has 0 radical (unpaired) electrons. The molecule has 0 aliphatic carbocycles. The van der Waals surface area contributed by atoms with Gasteiger partial charge in [-0.3, -0.25) is 9.69 Å². The van der Waals surface area contributed by atoms with Gasteiger partial charge in [0.1, 0.15) is 0 Å². The number of benzene rings is 1. The van der Waals surface area contributed by atoms with Crippen LogP contribution in [0.1, 0.15) is 6.92 Å². The van der Waals surface area contributed by atoms with Crippen LogP contribution in [0.5, 0.6) is 0 Å². The number of carbonyl (C=O) groups excluding carboxylic acids is 1. The maximum Gasteiger partial charge on any atom is 0.238 e. The molecule has 0 saturated carbocycles. The fourth-order valence-electron chi connectivity index (χ4n) is 2.20. The summed E-state index contributed by atoms with van der Waals surface area (Å²) in [5.74, 6) is 0.0659. The second-order valence-corrected chi connectivity index (χ2v) is 8.45. The predicted octanol–water partition coefficient (Wildman–Crippen LogP) is 2.73. The summed E-state index contributed by atoms with van der Waals surface area (Å²) in [5.41, 5.74) is 0.930. The number of carbonyl (C=O) groups is 1. The van der Waals surface area contributed by atoms with Gasteiger partial charge < -0.3 is 10.6 Å². The van der Waals surface area contributed by atoms with Gasteiger partial charge >= 0.3 is 0 Å². The summed E-state index contributed by atoms with van der Waals surface area (Å²) < 4.78 is 3.35. The molecule has 20 heavy (non-hydrogen) atoms. The van der Waals surface area contributed by atoms with Crippen molar-refractivity contribution >= 4 is 79.4 Å². The van der Waals surface area contributed by atoms with Crippen molar-refractivity contribution in [1.29, 1.82) is 0 Å². The monoisotopic (exact) mass is 611 g/mol. The normalized spacial score (nSPS) is 19.9. The van der Waals surface area contributed by atoms with Crippen LogP contribution >= 0.6 is 67.8 Å². The fourth-order valence-corrected chi connectivity index (χ4v) is 6.05. The molecule has 1 atom stereocenters. The number of amides is 1. The standard InChI is InChI=1S/C13H16I3N3O/c1-8-6-19(3-2-17-8)7-12(20)18-13-10(15)4-9(14)5-11(13)16/h4-5,8,17H,2-3,6-7H2,1H3,(H,18,20)/t8-/m0/s1. The Morgan fingerprint density at radius 3 is 2.65 bits per heavy atom. The maximum atomic E-state index is 12.2. The van der Waals surface area contributed by atoms with Crippen LogP contribution in [0.25, 0.3) is 0 Å². The van der Waals surface area contributed by atoms with Crippen molar-refractivity contribution in [2.24, 2.45) is 0 Å². The first-order valence-corrected chi connectivity index (χ1v) is 9.59. The van der Waals surface area contributed by atoms with Crippen molar-refractivity contribution in [2.45, 2.75) is 13.0 Å². The lowest BCUT2D eigenvalue weighted by Crippen LogP contribution is -2.51. The van der Waals surface area contributed by atoms with E-state index in [4.69, 9.17) is 0 Å². The molecule has 1 aliphatic rings. The van der Waals surface area contributed by atoms with Crippen LogP contribution in [0.3, 0.4) is 0 Å². The van der Waals surface area contributed by atoms with Crippen LogP contribution in [-0.4, -0.2) is 43.0 Å². The molecule has 1 aliphatic heterocycles. The minimum absolute atomic E-state index is 0.0659. The van der Waals surface area contributed by atoms with Crippen LogP contribution in [0.15, 0.2) is 12.1 Å². The summed E-state index contributed by atoms with van der Waals surface area (Å²) in [4.78, 5) is 14.4. The zero-order chi connectivity index (χ0) is 14.7. The molecule has 7 heteroatoms. The summed E-state index contributed by atoms with van der Waals surface area (Å²) in [5, 5.41) is 6.43. The van der Waals surface area contributed by atoms with Gasteiger partial charge in [0.05, 0.1) is 12.2 Å². The molecular weight excluding hydrogens is 595 g/mol. The summed E-state index contributed by atoms with van der Waals surface area (Å²) in [6.07, 6.45) is 0. The highest BCUT2D eigenvalue weighted by Gasteiger charge is 2.19. The van der Waals surface area contributed by atoms with E-state index in [9.17, 15) is 4.79 Å². The van der Waals surface area contributed by atoms with Crippen molar-refractivity contribution in [3.63, 3.8) is 0 Å². The van der Waals surface area contributed by atoms with E-state index in [-0.39, 0.29) is 5.91 Å². The lowest BCUT2D eigenvalue weighted by Gasteiger charge is -2.31. The van der Waals surface area contributed by atoms with E-state index in [1.165, 1.54) is 3.57 Å². The summed E-state index contributed by atoms with van der Waals surface area (Å²) in [7, 11) is 0. The Morgan fingerprint density at radius 1 is 1.40 bits per heavy atom. The van der Waals surface area contributed by atoms with Gasteiger partial charge in [-0.1, -0.05) is 0 Å². The Morgan fingerprint density at radius 2 is 2.05 bits per heavy atom. The SMILES string of the molecule is C[C@H]1CN(CC(=O)Nc2c(I)cc(I)cc2I)CCN1. The van der Waals surface area contributed by atoms with Gasteiger partial charge in [-0.2, -0.15) is 0 Å². The second kappa shape index (κ2) is 7.88.